The molecular weight excluding hydrogens is 352 g/mol. The van der Waals surface area contributed by atoms with Crippen LogP contribution < -0.4 is 4.72 Å². The number of hydrogen-bond acceptors (Lipinski definition) is 3. The van der Waals surface area contributed by atoms with Gasteiger partial charge in [-0.3, -0.25) is 0 Å². The van der Waals surface area contributed by atoms with Crippen LogP contribution in [0.3, 0.4) is 0 Å². The molecule has 0 radical (unpaired) electrons. The van der Waals surface area contributed by atoms with E-state index in [1.807, 2.05) is 6.92 Å². The highest BCUT2D eigenvalue weighted by Crippen LogP contribution is 2.21. The number of nitrogens with zero attached hydrogens (tertiary/aromatic N) is 1. The maximum absolute atomic E-state index is 12.4. The summed E-state index contributed by atoms with van der Waals surface area (Å²) >= 11 is 3.40. The second-order valence-corrected chi connectivity index (χ2v) is 8.22. The molecule has 0 bridgehead atoms. The second-order valence-electron chi connectivity index (χ2n) is 5.65. The van der Waals surface area contributed by atoms with Crippen LogP contribution in [0.4, 0.5) is 0 Å². The molecule has 2 rings (SSSR count). The lowest BCUT2D eigenvalue weighted by Gasteiger charge is -2.31. The minimum absolute atomic E-state index is 0.0482. The van der Waals surface area contributed by atoms with Gasteiger partial charge in [-0.2, -0.15) is 0 Å². The monoisotopic (exact) mass is 374 g/mol. The Kier molecular flexibility index (Phi) is 5.82. The van der Waals surface area contributed by atoms with Gasteiger partial charge in [0.25, 0.3) is 0 Å². The molecule has 4 nitrogen and oxygen atoms in total. The molecule has 0 amide bonds. The van der Waals surface area contributed by atoms with Gasteiger partial charge in [0, 0.05) is 10.5 Å². The van der Waals surface area contributed by atoms with Crippen molar-refractivity contribution in [2.45, 2.75) is 44.0 Å². The van der Waals surface area contributed by atoms with Crippen molar-refractivity contribution in [1.82, 2.24) is 9.62 Å². The number of rotatable bonds is 5. The van der Waals surface area contributed by atoms with Crippen LogP contribution >= 0.6 is 15.9 Å². The van der Waals surface area contributed by atoms with Crippen LogP contribution in [0, 0.1) is 6.92 Å². The summed E-state index contributed by atoms with van der Waals surface area (Å²) < 4.78 is 28.6. The first-order valence-corrected chi connectivity index (χ1v) is 9.71. The number of sulfonamides is 1. The van der Waals surface area contributed by atoms with E-state index in [1.54, 1.807) is 18.2 Å². The minimum Gasteiger partial charge on any atom is -0.303 e. The first kappa shape index (κ1) is 16.9. The zero-order valence-electron chi connectivity index (χ0n) is 12.6. The van der Waals surface area contributed by atoms with E-state index < -0.39 is 10.0 Å². The standard InChI is InChI=1S/C15H23BrN2O2S/c1-3-8-18-9-6-13(7-10-18)17-21(19,20)14-4-5-15(16)12(2)11-14/h4-5,11,13,17H,3,6-10H2,1-2H3. The molecule has 1 aromatic rings. The van der Waals surface area contributed by atoms with Gasteiger partial charge in [0.2, 0.25) is 10.0 Å². The van der Waals surface area contributed by atoms with Crippen molar-refractivity contribution in [3.63, 3.8) is 0 Å². The van der Waals surface area contributed by atoms with Gasteiger partial charge in [0.05, 0.1) is 4.90 Å². The molecule has 1 saturated heterocycles. The van der Waals surface area contributed by atoms with Crippen molar-refractivity contribution in [1.29, 1.82) is 0 Å². The van der Waals surface area contributed by atoms with E-state index in [0.717, 1.165) is 48.9 Å². The van der Waals surface area contributed by atoms with Gasteiger partial charge in [-0.1, -0.05) is 22.9 Å². The second kappa shape index (κ2) is 7.22. The molecule has 0 unspecified atom stereocenters. The minimum atomic E-state index is -3.42. The van der Waals surface area contributed by atoms with E-state index in [0.29, 0.717) is 4.90 Å². The number of benzene rings is 1. The summed E-state index contributed by atoms with van der Waals surface area (Å²) in [6.45, 7) is 7.11. The molecule has 1 heterocycles. The van der Waals surface area contributed by atoms with Crippen molar-refractivity contribution in [3.05, 3.63) is 28.2 Å². The Morgan fingerprint density at radius 3 is 2.57 bits per heavy atom. The lowest BCUT2D eigenvalue weighted by Crippen LogP contribution is -2.44. The number of piperidine rings is 1. The van der Waals surface area contributed by atoms with Crippen molar-refractivity contribution < 1.29 is 8.42 Å². The average molecular weight is 375 g/mol. The largest absolute Gasteiger partial charge is 0.303 e. The van der Waals surface area contributed by atoms with Crippen molar-refractivity contribution in [3.8, 4) is 0 Å². The number of likely N-dealkylation sites (tertiary alicyclic amines) is 1. The molecule has 1 aliphatic heterocycles. The first-order valence-electron chi connectivity index (χ1n) is 7.43. The fourth-order valence-corrected chi connectivity index (χ4v) is 4.30. The summed E-state index contributed by atoms with van der Waals surface area (Å²) in [5.74, 6) is 0. The van der Waals surface area contributed by atoms with E-state index in [-0.39, 0.29) is 6.04 Å². The molecule has 1 N–H and O–H groups in total. The number of hydrogen-bond donors (Lipinski definition) is 1. The molecule has 0 aromatic heterocycles. The summed E-state index contributed by atoms with van der Waals surface area (Å²) in [4.78, 5) is 2.74. The van der Waals surface area contributed by atoms with E-state index in [2.05, 4.69) is 32.5 Å². The van der Waals surface area contributed by atoms with Crippen molar-refractivity contribution >= 4 is 26.0 Å². The fourth-order valence-electron chi connectivity index (χ4n) is 2.66. The van der Waals surface area contributed by atoms with E-state index in [9.17, 15) is 8.42 Å². The lowest BCUT2D eigenvalue weighted by molar-refractivity contribution is 0.208. The third-order valence-corrected chi connectivity index (χ3v) is 6.30. The van der Waals surface area contributed by atoms with E-state index >= 15 is 0 Å². The Morgan fingerprint density at radius 1 is 1.33 bits per heavy atom. The molecule has 1 aliphatic rings. The molecule has 1 aromatic carbocycles. The molecule has 0 aliphatic carbocycles. The summed E-state index contributed by atoms with van der Waals surface area (Å²) in [5.41, 5.74) is 0.927. The number of nitrogens with one attached hydrogen (secondary N) is 1. The van der Waals surface area contributed by atoms with Crippen LogP contribution in [-0.4, -0.2) is 39.0 Å². The van der Waals surface area contributed by atoms with E-state index in [1.165, 1.54) is 0 Å². The predicted molar refractivity (Wildman–Crippen MR) is 89.0 cm³/mol. The Labute approximate surface area is 136 Å². The Morgan fingerprint density at radius 2 is 2.00 bits per heavy atom. The highest BCUT2D eigenvalue weighted by molar-refractivity contribution is 9.10. The summed E-state index contributed by atoms with van der Waals surface area (Å²) in [6, 6.07) is 5.19. The molecule has 0 spiro atoms. The summed E-state index contributed by atoms with van der Waals surface area (Å²) in [5, 5.41) is 0. The van der Waals surface area contributed by atoms with E-state index in [4.69, 9.17) is 0 Å². The van der Waals surface area contributed by atoms with Gasteiger partial charge in [-0.25, -0.2) is 13.1 Å². The third kappa shape index (κ3) is 4.52. The van der Waals surface area contributed by atoms with Crippen LogP contribution in [0.5, 0.6) is 0 Å². The van der Waals surface area contributed by atoms with Gasteiger partial charge < -0.3 is 4.90 Å². The first-order chi connectivity index (χ1) is 9.92. The van der Waals surface area contributed by atoms with Crippen LogP contribution in [0.15, 0.2) is 27.6 Å². The van der Waals surface area contributed by atoms with Crippen LogP contribution in [0.1, 0.15) is 31.7 Å². The molecule has 0 atom stereocenters. The molecule has 1 fully saturated rings. The normalized spacial score (nSPS) is 18.0. The number of aryl methyl sites for hydroxylation is 1. The summed E-state index contributed by atoms with van der Waals surface area (Å²) in [6.07, 6.45) is 2.91. The van der Waals surface area contributed by atoms with Gasteiger partial charge in [-0.05, 0) is 69.6 Å². The van der Waals surface area contributed by atoms with Gasteiger partial charge in [-0.15, -0.1) is 0 Å². The molecular formula is C15H23BrN2O2S. The Balaban J connectivity index is 2.00. The predicted octanol–water partition coefficient (Wildman–Crippen LogP) is 2.91. The third-order valence-electron chi connectivity index (χ3n) is 3.89. The maximum atomic E-state index is 12.4. The highest BCUT2D eigenvalue weighted by Gasteiger charge is 2.24. The van der Waals surface area contributed by atoms with Gasteiger partial charge >= 0.3 is 0 Å². The zero-order chi connectivity index (χ0) is 15.5. The lowest BCUT2D eigenvalue weighted by atomic mass is 10.1. The van der Waals surface area contributed by atoms with Crippen LogP contribution in [0.25, 0.3) is 0 Å². The Bertz CT molecular complexity index is 581. The highest BCUT2D eigenvalue weighted by atomic mass is 79.9. The zero-order valence-corrected chi connectivity index (χ0v) is 15.0. The van der Waals surface area contributed by atoms with Crippen molar-refractivity contribution in [2.24, 2.45) is 0 Å². The molecule has 0 saturated carbocycles. The Hall–Kier alpha value is -0.430. The summed E-state index contributed by atoms with van der Waals surface area (Å²) in [7, 11) is -3.42. The van der Waals surface area contributed by atoms with Crippen molar-refractivity contribution in [2.75, 3.05) is 19.6 Å². The molecule has 6 heteroatoms. The smallest absolute Gasteiger partial charge is 0.240 e. The SMILES string of the molecule is CCCN1CCC(NS(=O)(=O)c2ccc(Br)c(C)c2)CC1. The van der Waals surface area contributed by atoms with Crippen LogP contribution in [0.2, 0.25) is 0 Å². The fraction of sp³-hybridized carbons (Fsp3) is 0.600. The number of halogens is 1. The maximum Gasteiger partial charge on any atom is 0.240 e. The van der Waals surface area contributed by atoms with Gasteiger partial charge in [0.15, 0.2) is 0 Å². The molecule has 21 heavy (non-hydrogen) atoms. The topological polar surface area (TPSA) is 49.4 Å². The quantitative estimate of drug-likeness (QED) is 0.861. The van der Waals surface area contributed by atoms with Crippen LogP contribution in [-0.2, 0) is 10.0 Å². The van der Waals surface area contributed by atoms with Gasteiger partial charge in [0.1, 0.15) is 0 Å². The molecule has 118 valence electrons. The average Bonchev–Trinajstić information content (AvgIpc) is 2.44.